The van der Waals surface area contributed by atoms with Gasteiger partial charge < -0.3 is 15.1 Å². The molecule has 0 bridgehead atoms. The summed E-state index contributed by atoms with van der Waals surface area (Å²) in [4.78, 5) is 9.42. The first-order valence-corrected chi connectivity index (χ1v) is 8.12. The lowest BCUT2D eigenvalue weighted by molar-refractivity contribution is 0.258. The molecule has 1 fully saturated rings. The number of hydrogen-bond donors (Lipinski definition) is 1. The van der Waals surface area contributed by atoms with Crippen LogP contribution in [0.15, 0.2) is 47.5 Å². The first kappa shape index (κ1) is 14.3. The van der Waals surface area contributed by atoms with Crippen LogP contribution in [0.25, 0.3) is 5.70 Å². The first-order chi connectivity index (χ1) is 11.2. The molecule has 1 aromatic rings. The largest absolute Gasteiger partial charge is 0.368 e. The third-order valence-electron chi connectivity index (χ3n) is 4.44. The Labute approximate surface area is 136 Å². The van der Waals surface area contributed by atoms with Crippen LogP contribution in [0, 0.1) is 0 Å². The highest BCUT2D eigenvalue weighted by Gasteiger charge is 2.22. The smallest absolute Gasteiger partial charge is 0.133 e. The number of nitrogens with one attached hydrogen (secondary N) is 1. The van der Waals surface area contributed by atoms with Crippen molar-refractivity contribution in [1.29, 1.82) is 0 Å². The zero-order valence-corrected chi connectivity index (χ0v) is 13.6. The molecule has 1 N–H and O–H groups in total. The number of allylic oxidation sites excluding steroid dienone is 1. The van der Waals surface area contributed by atoms with E-state index in [4.69, 9.17) is 4.99 Å². The third-order valence-corrected chi connectivity index (χ3v) is 4.44. The van der Waals surface area contributed by atoms with E-state index in [1.54, 1.807) is 0 Å². The van der Waals surface area contributed by atoms with Crippen molar-refractivity contribution in [3.05, 3.63) is 48.1 Å². The van der Waals surface area contributed by atoms with Crippen LogP contribution in [0.4, 0.5) is 0 Å². The summed E-state index contributed by atoms with van der Waals surface area (Å²) in [5, 5.41) is 7.71. The number of aliphatic imine (C=N–C) groups is 1. The molecule has 4 heterocycles. The summed E-state index contributed by atoms with van der Waals surface area (Å²) in [7, 11) is 1.93. The first-order valence-electron chi connectivity index (χ1n) is 8.12. The third kappa shape index (κ3) is 2.82. The average Bonchev–Trinajstić information content (AvgIpc) is 3.00. The van der Waals surface area contributed by atoms with Crippen LogP contribution < -0.4 is 5.32 Å². The van der Waals surface area contributed by atoms with Gasteiger partial charge in [0, 0.05) is 57.2 Å². The van der Waals surface area contributed by atoms with Gasteiger partial charge in [0.2, 0.25) is 0 Å². The predicted molar refractivity (Wildman–Crippen MR) is 91.6 cm³/mol. The predicted octanol–water partition coefficient (Wildman–Crippen LogP) is 1.18. The standard InChI is InChI=1S/C17H22N6/c1-13-10-22(8-6-18-13)15-3-4-17-20-16(5-7-23(17)12-15)14-9-19-21(2)11-14/h3-5,9,11-13,18H,6-8,10H2,1-2H3/t13-/m0/s1. The Kier molecular flexibility index (Phi) is 3.53. The van der Waals surface area contributed by atoms with Crippen LogP contribution in [0.1, 0.15) is 12.5 Å². The van der Waals surface area contributed by atoms with E-state index in [-0.39, 0.29) is 0 Å². The van der Waals surface area contributed by atoms with Gasteiger partial charge in [0.15, 0.2) is 0 Å². The Morgan fingerprint density at radius 2 is 2.22 bits per heavy atom. The molecule has 3 aliphatic rings. The molecule has 3 aliphatic heterocycles. The van der Waals surface area contributed by atoms with Gasteiger partial charge in [-0.05, 0) is 25.2 Å². The Hall–Kier alpha value is -2.34. The second-order valence-corrected chi connectivity index (χ2v) is 6.30. The molecule has 0 aliphatic carbocycles. The molecule has 1 aromatic heterocycles. The minimum absolute atomic E-state index is 0.534. The number of aromatic nitrogens is 2. The van der Waals surface area contributed by atoms with Gasteiger partial charge in [-0.25, -0.2) is 4.99 Å². The van der Waals surface area contributed by atoms with Crippen LogP contribution in [0.3, 0.4) is 0 Å². The van der Waals surface area contributed by atoms with Crippen molar-refractivity contribution < 1.29 is 0 Å². The quantitative estimate of drug-likeness (QED) is 0.891. The molecule has 120 valence electrons. The summed E-state index contributed by atoms with van der Waals surface area (Å²) >= 11 is 0. The van der Waals surface area contributed by atoms with Crippen LogP contribution >= 0.6 is 0 Å². The minimum Gasteiger partial charge on any atom is -0.368 e. The van der Waals surface area contributed by atoms with Crippen LogP contribution in [-0.4, -0.2) is 57.6 Å². The molecule has 0 aromatic carbocycles. The molecular formula is C17H22N6. The average molecular weight is 310 g/mol. The van der Waals surface area contributed by atoms with E-state index >= 15 is 0 Å². The number of amidine groups is 1. The highest BCUT2D eigenvalue weighted by molar-refractivity contribution is 6.00. The van der Waals surface area contributed by atoms with E-state index in [2.05, 4.69) is 51.6 Å². The van der Waals surface area contributed by atoms with E-state index in [0.717, 1.165) is 43.3 Å². The van der Waals surface area contributed by atoms with Crippen molar-refractivity contribution in [2.24, 2.45) is 12.0 Å². The molecule has 0 spiro atoms. The van der Waals surface area contributed by atoms with Crippen LogP contribution in [-0.2, 0) is 7.05 Å². The lowest BCUT2D eigenvalue weighted by atomic mass is 10.1. The Morgan fingerprint density at radius 3 is 3.00 bits per heavy atom. The van der Waals surface area contributed by atoms with Crippen molar-refractivity contribution in [2.75, 3.05) is 26.2 Å². The van der Waals surface area contributed by atoms with Gasteiger partial charge in [-0.3, -0.25) is 4.68 Å². The fourth-order valence-electron chi connectivity index (χ4n) is 3.22. The molecular weight excluding hydrogens is 288 g/mol. The number of aryl methyl sites for hydroxylation is 1. The fraction of sp³-hybridized carbons (Fsp3) is 0.412. The normalized spacial score (nSPS) is 24.1. The van der Waals surface area contributed by atoms with E-state index in [1.807, 2.05) is 24.1 Å². The zero-order valence-electron chi connectivity index (χ0n) is 13.6. The number of fused-ring (bicyclic) bond motifs is 1. The summed E-state index contributed by atoms with van der Waals surface area (Å²) in [6.45, 7) is 6.22. The Morgan fingerprint density at radius 1 is 1.30 bits per heavy atom. The van der Waals surface area contributed by atoms with Gasteiger partial charge in [0.25, 0.3) is 0 Å². The maximum Gasteiger partial charge on any atom is 0.133 e. The molecule has 0 saturated carbocycles. The van der Waals surface area contributed by atoms with Crippen molar-refractivity contribution >= 4 is 11.5 Å². The second-order valence-electron chi connectivity index (χ2n) is 6.30. The maximum absolute atomic E-state index is 4.77. The maximum atomic E-state index is 4.77. The van der Waals surface area contributed by atoms with Gasteiger partial charge in [-0.1, -0.05) is 0 Å². The van der Waals surface area contributed by atoms with E-state index in [1.165, 1.54) is 5.70 Å². The summed E-state index contributed by atoms with van der Waals surface area (Å²) in [6.07, 6.45) is 12.5. The van der Waals surface area contributed by atoms with Crippen LogP contribution in [0.2, 0.25) is 0 Å². The van der Waals surface area contributed by atoms with Crippen molar-refractivity contribution in [3.63, 3.8) is 0 Å². The molecule has 1 atom stereocenters. The lowest BCUT2D eigenvalue weighted by Crippen LogP contribution is -2.49. The van der Waals surface area contributed by atoms with Gasteiger partial charge in [0.1, 0.15) is 5.84 Å². The monoisotopic (exact) mass is 310 g/mol. The van der Waals surface area contributed by atoms with Crippen LogP contribution in [0.5, 0.6) is 0 Å². The SMILES string of the molecule is C[C@H]1CN(C2=CN3CC=C(c4cnn(C)c4)N=C3C=C2)CCN1. The Bertz CT molecular complexity index is 723. The fourth-order valence-corrected chi connectivity index (χ4v) is 3.22. The molecule has 1 saturated heterocycles. The van der Waals surface area contributed by atoms with Crippen molar-refractivity contribution in [2.45, 2.75) is 13.0 Å². The summed E-state index contributed by atoms with van der Waals surface area (Å²) in [6, 6.07) is 0.534. The van der Waals surface area contributed by atoms with Crippen molar-refractivity contribution in [3.8, 4) is 0 Å². The summed E-state index contributed by atoms with van der Waals surface area (Å²) in [5.74, 6) is 0.998. The second kappa shape index (κ2) is 5.70. The molecule has 4 rings (SSSR count). The van der Waals surface area contributed by atoms with E-state index < -0.39 is 0 Å². The highest BCUT2D eigenvalue weighted by Crippen LogP contribution is 2.24. The molecule has 6 nitrogen and oxygen atoms in total. The highest BCUT2D eigenvalue weighted by atomic mass is 15.3. The molecule has 6 heteroatoms. The minimum atomic E-state index is 0.534. The number of rotatable bonds is 2. The number of hydrogen-bond acceptors (Lipinski definition) is 5. The topological polar surface area (TPSA) is 48.7 Å². The summed E-state index contributed by atoms with van der Waals surface area (Å²) < 4.78 is 1.81. The summed E-state index contributed by atoms with van der Waals surface area (Å²) in [5.41, 5.74) is 3.34. The molecule has 0 radical (unpaired) electrons. The lowest BCUT2D eigenvalue weighted by Gasteiger charge is -2.37. The van der Waals surface area contributed by atoms with E-state index in [9.17, 15) is 0 Å². The van der Waals surface area contributed by atoms with Gasteiger partial charge in [0.05, 0.1) is 17.6 Å². The van der Waals surface area contributed by atoms with Gasteiger partial charge >= 0.3 is 0 Å². The number of piperazine rings is 1. The zero-order chi connectivity index (χ0) is 15.8. The molecule has 0 amide bonds. The Balaban J connectivity index is 1.52. The molecule has 23 heavy (non-hydrogen) atoms. The van der Waals surface area contributed by atoms with Crippen molar-refractivity contribution in [1.82, 2.24) is 24.9 Å². The number of nitrogens with zero attached hydrogens (tertiary/aromatic N) is 5. The molecule has 0 unspecified atom stereocenters. The van der Waals surface area contributed by atoms with Gasteiger partial charge in [-0.2, -0.15) is 5.10 Å². The van der Waals surface area contributed by atoms with Gasteiger partial charge in [-0.15, -0.1) is 0 Å². The van der Waals surface area contributed by atoms with E-state index in [0.29, 0.717) is 6.04 Å².